The van der Waals surface area contributed by atoms with Crippen molar-refractivity contribution >= 4 is 11.7 Å². The summed E-state index contributed by atoms with van der Waals surface area (Å²) in [5, 5.41) is 11.4. The quantitative estimate of drug-likeness (QED) is 0.816. The number of anilines is 1. The third-order valence-corrected chi connectivity index (χ3v) is 2.14. The van der Waals surface area contributed by atoms with Crippen LogP contribution in [0.1, 0.15) is 19.8 Å². The Balaban J connectivity index is 2.81. The number of hydrogen-bond acceptors (Lipinski definition) is 2. The van der Waals surface area contributed by atoms with Crippen LogP contribution in [0, 0.1) is 11.6 Å². The van der Waals surface area contributed by atoms with Crippen LogP contribution >= 0.6 is 0 Å². The second-order valence-electron chi connectivity index (χ2n) is 3.45. The number of halogens is 2. The normalized spacial score (nSPS) is 12.2. The van der Waals surface area contributed by atoms with E-state index in [0.29, 0.717) is 18.9 Å². The molecule has 0 aromatic heterocycles. The molecule has 2 N–H and O–H groups in total. The first kappa shape index (κ1) is 12.4. The van der Waals surface area contributed by atoms with Crippen LogP contribution in [0.4, 0.5) is 14.5 Å². The molecule has 3 nitrogen and oxygen atoms in total. The Hall–Kier alpha value is -1.65. The molecule has 0 spiro atoms. The van der Waals surface area contributed by atoms with E-state index in [2.05, 4.69) is 5.32 Å². The van der Waals surface area contributed by atoms with Gasteiger partial charge in [-0.25, -0.2) is 13.6 Å². The predicted octanol–water partition coefficient (Wildman–Crippen LogP) is 2.63. The van der Waals surface area contributed by atoms with E-state index in [4.69, 9.17) is 5.11 Å². The Labute approximate surface area is 92.1 Å². The predicted molar refractivity (Wildman–Crippen MR) is 56.3 cm³/mol. The fraction of sp³-hybridized carbons (Fsp3) is 0.364. The van der Waals surface area contributed by atoms with E-state index in [1.54, 1.807) is 0 Å². The van der Waals surface area contributed by atoms with E-state index >= 15 is 0 Å². The average molecular weight is 229 g/mol. The van der Waals surface area contributed by atoms with Gasteiger partial charge in [0.1, 0.15) is 17.7 Å². The number of aliphatic carboxylic acids is 1. The Morgan fingerprint density at radius 1 is 1.50 bits per heavy atom. The van der Waals surface area contributed by atoms with Crippen molar-refractivity contribution in [1.29, 1.82) is 0 Å². The van der Waals surface area contributed by atoms with Gasteiger partial charge in [-0.3, -0.25) is 0 Å². The van der Waals surface area contributed by atoms with Crippen LogP contribution in [0.5, 0.6) is 0 Å². The first-order chi connectivity index (χ1) is 7.54. The number of benzene rings is 1. The summed E-state index contributed by atoms with van der Waals surface area (Å²) in [6, 6.07) is 2.13. The third kappa shape index (κ3) is 3.18. The Morgan fingerprint density at radius 2 is 2.19 bits per heavy atom. The van der Waals surface area contributed by atoms with Gasteiger partial charge in [-0.15, -0.1) is 0 Å². The van der Waals surface area contributed by atoms with E-state index in [1.165, 1.54) is 6.07 Å². The number of nitrogens with one attached hydrogen (secondary N) is 1. The fourth-order valence-electron chi connectivity index (χ4n) is 1.34. The van der Waals surface area contributed by atoms with Gasteiger partial charge >= 0.3 is 5.97 Å². The minimum absolute atomic E-state index is 0.00208. The van der Waals surface area contributed by atoms with E-state index in [1.807, 2.05) is 6.92 Å². The SMILES string of the molecule is CCCC(Nc1ccc(F)cc1F)C(=O)O. The highest BCUT2D eigenvalue weighted by Crippen LogP contribution is 2.17. The summed E-state index contributed by atoms with van der Waals surface area (Å²) in [5.74, 6) is -2.53. The minimum atomic E-state index is -1.05. The maximum absolute atomic E-state index is 13.2. The van der Waals surface area contributed by atoms with E-state index in [0.717, 1.165) is 6.07 Å². The molecule has 1 rings (SSSR count). The van der Waals surface area contributed by atoms with Gasteiger partial charge in [-0.2, -0.15) is 0 Å². The van der Waals surface area contributed by atoms with Crippen LogP contribution in [-0.4, -0.2) is 17.1 Å². The molecule has 1 unspecified atom stereocenters. The zero-order valence-corrected chi connectivity index (χ0v) is 8.84. The van der Waals surface area contributed by atoms with Crippen molar-refractivity contribution in [2.45, 2.75) is 25.8 Å². The summed E-state index contributed by atoms with van der Waals surface area (Å²) in [5.41, 5.74) is 0.00208. The number of carboxylic acids is 1. The lowest BCUT2D eigenvalue weighted by molar-refractivity contribution is -0.138. The molecule has 0 fully saturated rings. The first-order valence-electron chi connectivity index (χ1n) is 4.99. The summed E-state index contributed by atoms with van der Waals surface area (Å²) in [4.78, 5) is 10.8. The Kier molecular flexibility index (Phi) is 4.22. The summed E-state index contributed by atoms with van der Waals surface area (Å²) < 4.78 is 25.8. The molecule has 0 aliphatic rings. The summed E-state index contributed by atoms with van der Waals surface area (Å²) in [7, 11) is 0. The lowest BCUT2D eigenvalue weighted by Gasteiger charge is -2.15. The molecule has 0 radical (unpaired) electrons. The van der Waals surface area contributed by atoms with Crippen LogP contribution in [0.2, 0.25) is 0 Å². The molecular formula is C11H13F2NO2. The zero-order valence-electron chi connectivity index (χ0n) is 8.84. The molecule has 1 aromatic rings. The van der Waals surface area contributed by atoms with Gasteiger partial charge in [-0.05, 0) is 18.6 Å². The third-order valence-electron chi connectivity index (χ3n) is 2.14. The highest BCUT2D eigenvalue weighted by atomic mass is 19.1. The van der Waals surface area contributed by atoms with Gasteiger partial charge in [0.25, 0.3) is 0 Å². The molecule has 0 aliphatic carbocycles. The van der Waals surface area contributed by atoms with Crippen LogP contribution in [0.15, 0.2) is 18.2 Å². The van der Waals surface area contributed by atoms with Gasteiger partial charge < -0.3 is 10.4 Å². The molecule has 1 aromatic carbocycles. The lowest BCUT2D eigenvalue weighted by Crippen LogP contribution is -2.29. The second-order valence-corrected chi connectivity index (χ2v) is 3.45. The lowest BCUT2D eigenvalue weighted by atomic mass is 10.1. The molecule has 88 valence electrons. The molecule has 0 aliphatic heterocycles. The van der Waals surface area contributed by atoms with Crippen molar-refractivity contribution in [3.8, 4) is 0 Å². The van der Waals surface area contributed by atoms with Crippen molar-refractivity contribution < 1.29 is 18.7 Å². The van der Waals surface area contributed by atoms with Gasteiger partial charge in [0.2, 0.25) is 0 Å². The van der Waals surface area contributed by atoms with E-state index in [9.17, 15) is 13.6 Å². The summed E-state index contributed by atoms with van der Waals surface area (Å²) in [6.07, 6.45) is 1.04. The van der Waals surface area contributed by atoms with Crippen molar-refractivity contribution in [1.82, 2.24) is 0 Å². The van der Waals surface area contributed by atoms with E-state index < -0.39 is 23.6 Å². The summed E-state index contributed by atoms with van der Waals surface area (Å²) >= 11 is 0. The minimum Gasteiger partial charge on any atom is -0.480 e. The van der Waals surface area contributed by atoms with Gasteiger partial charge in [0.05, 0.1) is 5.69 Å². The molecule has 0 saturated carbocycles. The summed E-state index contributed by atoms with van der Waals surface area (Å²) in [6.45, 7) is 1.83. The molecule has 5 heteroatoms. The molecule has 16 heavy (non-hydrogen) atoms. The number of carbonyl (C=O) groups is 1. The molecule has 0 saturated heterocycles. The largest absolute Gasteiger partial charge is 0.480 e. The second kappa shape index (κ2) is 5.44. The average Bonchev–Trinajstić information content (AvgIpc) is 2.20. The number of carboxylic acid groups (broad SMARTS) is 1. The topological polar surface area (TPSA) is 49.3 Å². The van der Waals surface area contributed by atoms with Crippen LogP contribution in [-0.2, 0) is 4.79 Å². The fourth-order valence-corrected chi connectivity index (χ4v) is 1.34. The standard InChI is InChI=1S/C11H13F2NO2/c1-2-3-10(11(15)16)14-9-5-4-7(12)6-8(9)13/h4-6,10,14H,2-3H2,1H3,(H,15,16). The molecule has 0 bridgehead atoms. The maximum Gasteiger partial charge on any atom is 0.326 e. The smallest absolute Gasteiger partial charge is 0.326 e. The number of hydrogen-bond donors (Lipinski definition) is 2. The maximum atomic E-state index is 13.2. The van der Waals surface area contributed by atoms with Gasteiger partial charge in [0.15, 0.2) is 0 Å². The number of rotatable bonds is 5. The molecular weight excluding hydrogens is 216 g/mol. The monoisotopic (exact) mass is 229 g/mol. The van der Waals surface area contributed by atoms with Crippen molar-refractivity contribution in [3.05, 3.63) is 29.8 Å². The van der Waals surface area contributed by atoms with Crippen LogP contribution in [0.3, 0.4) is 0 Å². The first-order valence-corrected chi connectivity index (χ1v) is 4.99. The molecule has 0 heterocycles. The highest BCUT2D eigenvalue weighted by molar-refractivity contribution is 5.77. The Bertz CT molecular complexity index is 382. The van der Waals surface area contributed by atoms with Gasteiger partial charge in [0, 0.05) is 6.07 Å². The Morgan fingerprint density at radius 3 is 2.69 bits per heavy atom. The molecule has 1 atom stereocenters. The van der Waals surface area contributed by atoms with Crippen molar-refractivity contribution in [2.24, 2.45) is 0 Å². The highest BCUT2D eigenvalue weighted by Gasteiger charge is 2.17. The van der Waals surface area contributed by atoms with Gasteiger partial charge in [-0.1, -0.05) is 13.3 Å². The van der Waals surface area contributed by atoms with Crippen LogP contribution < -0.4 is 5.32 Å². The van der Waals surface area contributed by atoms with Crippen LogP contribution in [0.25, 0.3) is 0 Å². The van der Waals surface area contributed by atoms with E-state index in [-0.39, 0.29) is 5.69 Å². The van der Waals surface area contributed by atoms with Crippen molar-refractivity contribution in [2.75, 3.05) is 5.32 Å². The molecule has 0 amide bonds. The zero-order chi connectivity index (χ0) is 12.1. The van der Waals surface area contributed by atoms with Crippen molar-refractivity contribution in [3.63, 3.8) is 0 Å².